The van der Waals surface area contributed by atoms with E-state index in [1.807, 2.05) is 37.4 Å². The van der Waals surface area contributed by atoms with Gasteiger partial charge < -0.3 is 34.7 Å². The Labute approximate surface area is 409 Å². The van der Waals surface area contributed by atoms with Gasteiger partial charge in [0.05, 0.1) is 27.0 Å². The molecule has 1 spiro atoms. The zero-order valence-electron chi connectivity index (χ0n) is 40.3. The van der Waals surface area contributed by atoms with Gasteiger partial charge in [-0.25, -0.2) is 18.1 Å². The summed E-state index contributed by atoms with van der Waals surface area (Å²) >= 11 is 0. The molecule has 5 fully saturated rings. The highest BCUT2D eigenvalue weighted by atomic mass is 32.2. The maximum atomic E-state index is 14.4. The van der Waals surface area contributed by atoms with Crippen molar-refractivity contribution in [1.82, 2.24) is 19.6 Å². The van der Waals surface area contributed by atoms with Crippen molar-refractivity contribution in [3.63, 3.8) is 0 Å². The number of H-pyrrole nitrogens is 1. The minimum absolute atomic E-state index is 0.00835. The van der Waals surface area contributed by atoms with Gasteiger partial charge in [0.15, 0.2) is 23.0 Å². The summed E-state index contributed by atoms with van der Waals surface area (Å²) in [5.41, 5.74) is 3.64. The van der Waals surface area contributed by atoms with E-state index in [1.54, 1.807) is 6.07 Å². The van der Waals surface area contributed by atoms with Crippen LogP contribution in [0.1, 0.15) is 125 Å². The molecule has 3 saturated heterocycles. The van der Waals surface area contributed by atoms with Crippen LogP contribution in [-0.4, -0.2) is 96.2 Å². The van der Waals surface area contributed by atoms with Crippen molar-refractivity contribution in [2.24, 2.45) is 11.3 Å². The number of hydrogen-bond donors (Lipinski definition) is 4. The van der Waals surface area contributed by atoms with Gasteiger partial charge >= 0.3 is 0 Å². The second-order valence-corrected chi connectivity index (χ2v) is 23.2. The minimum Gasteiger partial charge on any atom is -0.489 e. The monoisotopic (exact) mass is 972 g/mol. The Morgan fingerprint density at radius 1 is 0.943 bits per heavy atom. The first kappa shape index (κ1) is 46.5. The van der Waals surface area contributed by atoms with E-state index in [-0.39, 0.29) is 46.7 Å². The van der Waals surface area contributed by atoms with E-state index >= 15 is 0 Å². The van der Waals surface area contributed by atoms with Crippen LogP contribution >= 0.6 is 0 Å². The van der Waals surface area contributed by atoms with Crippen molar-refractivity contribution in [2.45, 2.75) is 126 Å². The molecule has 370 valence electrons. The highest BCUT2D eigenvalue weighted by Crippen LogP contribution is 2.55. The van der Waals surface area contributed by atoms with Gasteiger partial charge in [0.1, 0.15) is 18.0 Å². The van der Waals surface area contributed by atoms with Gasteiger partial charge in [-0.1, -0.05) is 38.1 Å². The quantitative estimate of drug-likeness (QED) is 0.0683. The van der Waals surface area contributed by atoms with Gasteiger partial charge in [0.25, 0.3) is 21.6 Å². The minimum atomic E-state index is -4.68. The third-order valence-corrected chi connectivity index (χ3v) is 17.9. The predicted molar refractivity (Wildman–Crippen MR) is 269 cm³/mol. The molecule has 4 N–H and O–H groups in total. The van der Waals surface area contributed by atoms with Crippen LogP contribution in [0, 0.1) is 21.4 Å². The fourth-order valence-corrected chi connectivity index (χ4v) is 13.3. The van der Waals surface area contributed by atoms with E-state index in [2.05, 4.69) is 67.8 Å². The molecule has 2 aliphatic carbocycles. The first-order valence-corrected chi connectivity index (χ1v) is 26.8. The van der Waals surface area contributed by atoms with E-state index < -0.39 is 37.0 Å². The number of amides is 1. The molecule has 2 aromatic heterocycles. The number of aliphatic hydroxyl groups is 1. The summed E-state index contributed by atoms with van der Waals surface area (Å²) < 4.78 is 43.2. The van der Waals surface area contributed by atoms with Gasteiger partial charge in [-0.15, -0.1) is 0 Å². The second kappa shape index (κ2) is 18.0. The number of piperidine rings is 1. The number of fused-ring (bicyclic) bond motifs is 2. The average Bonchev–Trinajstić information content (AvgIpc) is 3.99. The van der Waals surface area contributed by atoms with Crippen molar-refractivity contribution < 1.29 is 32.7 Å². The van der Waals surface area contributed by atoms with Crippen molar-refractivity contribution in [3.8, 4) is 17.2 Å². The number of aromatic amines is 1. The number of nitrogens with zero attached hydrogens (tertiary/aromatic N) is 5. The van der Waals surface area contributed by atoms with E-state index in [4.69, 9.17) is 14.5 Å². The Hall–Kier alpha value is -5.91. The summed E-state index contributed by atoms with van der Waals surface area (Å²) in [5, 5.41) is 27.0. The zero-order valence-corrected chi connectivity index (χ0v) is 41.1. The molecule has 0 bridgehead atoms. The normalized spacial score (nSPS) is 24.7. The second-order valence-electron chi connectivity index (χ2n) is 21.5. The van der Waals surface area contributed by atoms with Crippen LogP contribution < -0.4 is 29.3 Å². The fourth-order valence-electron chi connectivity index (χ4n) is 12.3. The van der Waals surface area contributed by atoms with Gasteiger partial charge in [-0.2, -0.15) is 0 Å². The lowest BCUT2D eigenvalue weighted by Gasteiger charge is -2.56. The number of benzene rings is 3. The molecule has 0 radical (unpaired) electrons. The number of carbonyl (C=O) groups is 1. The Balaban J connectivity index is 0.836. The van der Waals surface area contributed by atoms with E-state index in [0.717, 1.165) is 69.1 Å². The number of aromatic nitrogens is 2. The smallest absolute Gasteiger partial charge is 0.297 e. The summed E-state index contributed by atoms with van der Waals surface area (Å²) in [6.45, 7) is 10.9. The van der Waals surface area contributed by atoms with Crippen molar-refractivity contribution in [2.75, 3.05) is 54.4 Å². The van der Waals surface area contributed by atoms with Crippen LogP contribution in [0.3, 0.4) is 0 Å². The first-order valence-electron chi connectivity index (χ1n) is 25.3. The van der Waals surface area contributed by atoms with Crippen LogP contribution in [0.5, 0.6) is 17.2 Å². The Morgan fingerprint density at radius 3 is 2.44 bits per heavy atom. The summed E-state index contributed by atoms with van der Waals surface area (Å²) in [7, 11) is -4.68. The Bertz CT molecular complexity index is 2930. The Kier molecular flexibility index (Phi) is 12.0. The molecule has 2 saturated carbocycles. The molecule has 17 heteroatoms. The first-order chi connectivity index (χ1) is 33.6. The number of nitrogens with one attached hydrogen (secondary N) is 3. The summed E-state index contributed by atoms with van der Waals surface area (Å²) in [4.78, 5) is 41.0. The van der Waals surface area contributed by atoms with Gasteiger partial charge in [-0.3, -0.25) is 19.8 Å². The zero-order chi connectivity index (χ0) is 48.5. The third kappa shape index (κ3) is 8.82. The molecular weight excluding hydrogens is 909 g/mol. The number of anilines is 3. The SMILES string of the molecule is CC(C)c1ccccc1[C@H]1CCCN1C1CC2(CCN(c3ccc(C(=O)NS(=O)(=O)c4cc5c(c([N+](=O)[O-])c4)N[C@@H](C4CCC(C)(O)CC4)CO5)c(Oc4cc5cc[nH]c5nc4N4CCC4)c3)CC2)C1. The highest BCUT2D eigenvalue weighted by molar-refractivity contribution is 7.90. The van der Waals surface area contributed by atoms with Crippen LogP contribution in [0.2, 0.25) is 0 Å². The largest absolute Gasteiger partial charge is 0.489 e. The molecule has 5 aromatic rings. The Morgan fingerprint density at radius 2 is 1.71 bits per heavy atom. The number of ether oxygens (including phenoxy) is 2. The van der Waals surface area contributed by atoms with Crippen LogP contribution in [0.15, 0.2) is 77.8 Å². The highest BCUT2D eigenvalue weighted by Gasteiger charge is 2.50. The van der Waals surface area contributed by atoms with Crippen molar-refractivity contribution in [3.05, 3.63) is 99.7 Å². The van der Waals surface area contributed by atoms with Gasteiger partial charge in [-0.05, 0) is 137 Å². The summed E-state index contributed by atoms with van der Waals surface area (Å²) in [5.74, 6) is 0.858. The van der Waals surface area contributed by atoms with E-state index in [1.165, 1.54) is 42.9 Å². The van der Waals surface area contributed by atoms with Crippen molar-refractivity contribution >= 4 is 49.8 Å². The van der Waals surface area contributed by atoms with Crippen molar-refractivity contribution in [1.29, 1.82) is 0 Å². The molecule has 6 heterocycles. The number of carbonyl (C=O) groups excluding carboxylic acids is 1. The maximum Gasteiger partial charge on any atom is 0.297 e. The van der Waals surface area contributed by atoms with Gasteiger partial charge in [0, 0.05) is 73.7 Å². The lowest BCUT2D eigenvalue weighted by atomic mass is 9.59. The van der Waals surface area contributed by atoms with E-state index in [9.17, 15) is 28.4 Å². The molecular formula is C53H64N8O8S. The number of pyridine rings is 1. The molecule has 11 rings (SSSR count). The topological polar surface area (TPSA) is 196 Å². The maximum absolute atomic E-state index is 14.4. The fraction of sp³-hybridized carbons (Fsp3) is 0.509. The number of rotatable bonds is 12. The van der Waals surface area contributed by atoms with Crippen LogP contribution in [0.25, 0.3) is 11.0 Å². The summed E-state index contributed by atoms with van der Waals surface area (Å²) in [6, 6.07) is 21.0. The molecule has 4 aliphatic heterocycles. The molecule has 70 heavy (non-hydrogen) atoms. The van der Waals surface area contributed by atoms with E-state index in [0.29, 0.717) is 60.9 Å². The molecule has 3 aromatic carbocycles. The number of likely N-dealkylation sites (tertiary alicyclic amines) is 1. The molecule has 1 amide bonds. The predicted octanol–water partition coefficient (Wildman–Crippen LogP) is 9.42. The summed E-state index contributed by atoms with van der Waals surface area (Å²) in [6.07, 6.45) is 12.4. The lowest BCUT2D eigenvalue weighted by Crippen LogP contribution is -2.54. The molecule has 2 atom stereocenters. The number of hydrogen-bond acceptors (Lipinski definition) is 13. The molecule has 16 nitrogen and oxygen atoms in total. The van der Waals surface area contributed by atoms with Gasteiger partial charge in [0.2, 0.25) is 0 Å². The van der Waals surface area contributed by atoms with Crippen LogP contribution in [-0.2, 0) is 10.0 Å². The van der Waals surface area contributed by atoms with Crippen LogP contribution in [0.4, 0.5) is 22.9 Å². The number of nitro benzene ring substituents is 1. The standard InChI is InChI=1S/C53H64N8O8S/c1-33(2)39-8-4-5-9-40(39)43-10-6-23-60(43)37-30-53(31-37)18-24-58(25-19-53)36-11-12-41(45(27-36)69-47-26-35-15-20-54-49(35)56-50(47)59-21-7-22-59)51(62)57-70(66,67)38-28-44(61(64)65)48-46(29-38)68-32-42(55-48)34-13-16-52(3,63)17-14-34/h4-5,8-9,11-12,15,20,26-29,33-34,37,42-43,55,63H,6-7,10,13-14,16-19,21-25,30-32H2,1-3H3,(H,54,56)(H,57,62)/t34?,42-,43-,52?/m1/s1. The number of nitro groups is 1. The average molecular weight is 973 g/mol. The third-order valence-electron chi connectivity index (χ3n) is 16.5. The molecule has 6 aliphatic rings. The molecule has 0 unspecified atom stereocenters. The lowest BCUT2D eigenvalue weighted by molar-refractivity contribution is -0.384. The number of sulfonamides is 1.